The Balaban J connectivity index is 1.75. The zero-order chi connectivity index (χ0) is 19.1. The molecule has 2 aromatic carbocycles. The van der Waals surface area contributed by atoms with Gasteiger partial charge in [-0.3, -0.25) is 4.98 Å². The fourth-order valence-corrected chi connectivity index (χ4v) is 2.84. The van der Waals surface area contributed by atoms with E-state index in [-0.39, 0.29) is 6.03 Å². The number of carbonyl (C=O) groups is 1. The second-order valence-corrected chi connectivity index (χ2v) is 6.43. The topological polar surface area (TPSA) is 45.2 Å². The van der Waals surface area contributed by atoms with Gasteiger partial charge in [-0.25, -0.2) is 9.18 Å². The van der Waals surface area contributed by atoms with Crippen LogP contribution in [0, 0.1) is 5.82 Å². The van der Waals surface area contributed by atoms with E-state index in [2.05, 4.69) is 10.3 Å². The fourth-order valence-electron chi connectivity index (χ4n) is 2.65. The van der Waals surface area contributed by atoms with Crippen LogP contribution in [0.5, 0.6) is 0 Å². The third-order valence-electron chi connectivity index (χ3n) is 4.05. The third-order valence-corrected chi connectivity index (χ3v) is 4.41. The summed E-state index contributed by atoms with van der Waals surface area (Å²) >= 11 is 6.25. The predicted molar refractivity (Wildman–Crippen MR) is 105 cm³/mol. The average Bonchev–Trinajstić information content (AvgIpc) is 2.67. The standard InChI is InChI=1S/C21H19ClFN3O/c22-20-10-2-1-6-16(20)15-26(13-11-18-8-3-4-12-24-18)21(27)25-19-9-5-7-17(23)14-19/h1-10,12,14H,11,13,15H2,(H,25,27). The number of benzene rings is 2. The molecule has 1 aromatic heterocycles. The van der Waals surface area contributed by atoms with Crippen LogP contribution >= 0.6 is 11.6 Å². The molecule has 0 aliphatic heterocycles. The van der Waals surface area contributed by atoms with Crippen molar-refractivity contribution < 1.29 is 9.18 Å². The monoisotopic (exact) mass is 383 g/mol. The summed E-state index contributed by atoms with van der Waals surface area (Å²) in [6.07, 6.45) is 2.32. The number of carbonyl (C=O) groups excluding carboxylic acids is 1. The van der Waals surface area contributed by atoms with Crippen LogP contribution in [-0.2, 0) is 13.0 Å². The van der Waals surface area contributed by atoms with Crippen molar-refractivity contribution in [3.8, 4) is 0 Å². The van der Waals surface area contributed by atoms with Crippen molar-refractivity contribution in [1.82, 2.24) is 9.88 Å². The Morgan fingerprint density at radius 1 is 1.07 bits per heavy atom. The number of pyridine rings is 1. The lowest BCUT2D eigenvalue weighted by atomic mass is 10.2. The summed E-state index contributed by atoms with van der Waals surface area (Å²) in [4.78, 5) is 18.7. The normalized spacial score (nSPS) is 10.4. The van der Waals surface area contributed by atoms with E-state index < -0.39 is 5.82 Å². The first kappa shape index (κ1) is 18.9. The number of aromatic nitrogens is 1. The Hall–Kier alpha value is -2.92. The number of amides is 2. The number of hydrogen-bond donors (Lipinski definition) is 1. The van der Waals surface area contributed by atoms with Gasteiger partial charge in [-0.2, -0.15) is 0 Å². The Labute approximate surface area is 162 Å². The van der Waals surface area contributed by atoms with Crippen LogP contribution in [0.25, 0.3) is 0 Å². The Bertz CT molecular complexity index is 905. The molecule has 3 aromatic rings. The van der Waals surface area contributed by atoms with E-state index in [1.807, 2.05) is 36.4 Å². The Kier molecular flexibility index (Phi) is 6.39. The first-order valence-electron chi connectivity index (χ1n) is 8.56. The lowest BCUT2D eigenvalue weighted by Crippen LogP contribution is -2.36. The van der Waals surface area contributed by atoms with Crippen LogP contribution in [-0.4, -0.2) is 22.5 Å². The minimum atomic E-state index is -0.404. The highest BCUT2D eigenvalue weighted by Crippen LogP contribution is 2.18. The van der Waals surface area contributed by atoms with Gasteiger partial charge in [-0.1, -0.05) is 41.9 Å². The average molecular weight is 384 g/mol. The van der Waals surface area contributed by atoms with Gasteiger partial charge in [0.2, 0.25) is 0 Å². The molecule has 27 heavy (non-hydrogen) atoms. The zero-order valence-electron chi connectivity index (χ0n) is 14.6. The number of rotatable bonds is 6. The maximum atomic E-state index is 13.4. The van der Waals surface area contributed by atoms with Crippen molar-refractivity contribution in [2.45, 2.75) is 13.0 Å². The van der Waals surface area contributed by atoms with Gasteiger partial charge in [-0.05, 0) is 42.0 Å². The van der Waals surface area contributed by atoms with Crippen LogP contribution in [0.3, 0.4) is 0 Å². The van der Waals surface area contributed by atoms with Crippen molar-refractivity contribution >= 4 is 23.3 Å². The zero-order valence-corrected chi connectivity index (χ0v) is 15.4. The lowest BCUT2D eigenvalue weighted by molar-refractivity contribution is 0.209. The number of urea groups is 1. The first-order valence-corrected chi connectivity index (χ1v) is 8.94. The van der Waals surface area contributed by atoms with Crippen LogP contribution in [0.1, 0.15) is 11.3 Å². The molecule has 0 fully saturated rings. The van der Waals surface area contributed by atoms with Gasteiger partial charge in [0, 0.05) is 42.1 Å². The summed E-state index contributed by atoms with van der Waals surface area (Å²) < 4.78 is 13.4. The summed E-state index contributed by atoms with van der Waals surface area (Å²) in [7, 11) is 0. The van der Waals surface area contributed by atoms with Gasteiger partial charge in [0.25, 0.3) is 0 Å². The van der Waals surface area contributed by atoms with Gasteiger partial charge in [-0.15, -0.1) is 0 Å². The summed E-state index contributed by atoms with van der Waals surface area (Å²) in [6.45, 7) is 0.789. The van der Waals surface area contributed by atoms with Crippen molar-refractivity contribution in [2.75, 3.05) is 11.9 Å². The maximum Gasteiger partial charge on any atom is 0.322 e. The number of nitrogens with one attached hydrogen (secondary N) is 1. The minimum absolute atomic E-state index is 0.323. The molecule has 0 unspecified atom stereocenters. The van der Waals surface area contributed by atoms with E-state index in [1.165, 1.54) is 12.1 Å². The van der Waals surface area contributed by atoms with Crippen LogP contribution in [0.4, 0.5) is 14.9 Å². The number of nitrogens with zero attached hydrogens (tertiary/aromatic N) is 2. The molecular formula is C21H19ClFN3O. The molecule has 0 saturated carbocycles. The van der Waals surface area contributed by atoms with Crippen molar-refractivity contribution in [3.05, 3.63) is 95.0 Å². The van der Waals surface area contributed by atoms with E-state index in [0.29, 0.717) is 30.2 Å². The molecule has 0 saturated heterocycles. The Morgan fingerprint density at radius 3 is 2.63 bits per heavy atom. The van der Waals surface area contributed by atoms with Crippen LogP contribution in [0.2, 0.25) is 5.02 Å². The molecule has 0 aliphatic carbocycles. The number of anilines is 1. The fraction of sp³-hybridized carbons (Fsp3) is 0.143. The third kappa shape index (κ3) is 5.53. The molecule has 0 bridgehead atoms. The smallest absolute Gasteiger partial charge is 0.320 e. The van der Waals surface area contributed by atoms with E-state index >= 15 is 0 Å². The summed E-state index contributed by atoms with van der Waals surface area (Å²) in [5.41, 5.74) is 2.14. The second kappa shape index (κ2) is 9.14. The van der Waals surface area contributed by atoms with Crippen LogP contribution < -0.4 is 5.32 Å². The van der Waals surface area contributed by atoms with Gasteiger partial charge in [0.1, 0.15) is 5.82 Å². The summed E-state index contributed by atoms with van der Waals surface area (Å²) in [6, 6.07) is 18.6. The summed E-state index contributed by atoms with van der Waals surface area (Å²) in [5.74, 6) is -0.404. The van der Waals surface area contributed by atoms with Crippen molar-refractivity contribution in [3.63, 3.8) is 0 Å². The van der Waals surface area contributed by atoms with Gasteiger partial charge >= 0.3 is 6.03 Å². The van der Waals surface area contributed by atoms with Crippen molar-refractivity contribution in [1.29, 1.82) is 0 Å². The van der Waals surface area contributed by atoms with E-state index in [4.69, 9.17) is 11.6 Å². The van der Waals surface area contributed by atoms with E-state index in [0.717, 1.165) is 11.3 Å². The molecular weight excluding hydrogens is 365 g/mol. The number of halogens is 2. The van der Waals surface area contributed by atoms with E-state index in [1.54, 1.807) is 29.3 Å². The quantitative estimate of drug-likeness (QED) is 0.639. The minimum Gasteiger partial charge on any atom is -0.320 e. The van der Waals surface area contributed by atoms with Gasteiger partial charge in [0.15, 0.2) is 0 Å². The highest BCUT2D eigenvalue weighted by molar-refractivity contribution is 6.31. The molecule has 0 radical (unpaired) electrons. The summed E-state index contributed by atoms with van der Waals surface area (Å²) in [5, 5.41) is 3.34. The molecule has 1 N–H and O–H groups in total. The first-order chi connectivity index (χ1) is 13.1. The van der Waals surface area contributed by atoms with Gasteiger partial charge < -0.3 is 10.2 Å². The Morgan fingerprint density at radius 2 is 1.89 bits per heavy atom. The number of hydrogen-bond acceptors (Lipinski definition) is 2. The predicted octanol–water partition coefficient (Wildman–Crippen LogP) is 5.15. The largest absolute Gasteiger partial charge is 0.322 e. The molecule has 0 aliphatic rings. The van der Waals surface area contributed by atoms with Gasteiger partial charge in [0.05, 0.1) is 0 Å². The molecule has 3 rings (SSSR count). The molecule has 0 spiro atoms. The maximum absolute atomic E-state index is 13.4. The molecule has 138 valence electrons. The molecule has 1 heterocycles. The molecule has 2 amide bonds. The highest BCUT2D eigenvalue weighted by atomic mass is 35.5. The second-order valence-electron chi connectivity index (χ2n) is 6.02. The molecule has 0 atom stereocenters. The molecule has 6 heteroatoms. The SMILES string of the molecule is O=C(Nc1cccc(F)c1)N(CCc1ccccn1)Cc1ccccc1Cl. The van der Waals surface area contributed by atoms with Crippen molar-refractivity contribution in [2.24, 2.45) is 0 Å². The highest BCUT2D eigenvalue weighted by Gasteiger charge is 2.16. The lowest BCUT2D eigenvalue weighted by Gasteiger charge is -2.24. The van der Waals surface area contributed by atoms with E-state index in [9.17, 15) is 9.18 Å². The van der Waals surface area contributed by atoms with Crippen LogP contribution in [0.15, 0.2) is 72.9 Å². The molecule has 4 nitrogen and oxygen atoms in total.